The number of carbonyl (C=O) groups is 1. The summed E-state index contributed by atoms with van der Waals surface area (Å²) in [4.78, 5) is 25.1. The summed E-state index contributed by atoms with van der Waals surface area (Å²) in [5, 5.41) is 17.7. The Kier molecular flexibility index (Phi) is 4.10. The van der Waals surface area contributed by atoms with Gasteiger partial charge in [0.05, 0.1) is 23.7 Å². The maximum Gasteiger partial charge on any atom is 0.408 e. The Morgan fingerprint density at radius 1 is 1.07 bits per heavy atom. The van der Waals surface area contributed by atoms with Gasteiger partial charge in [-0.25, -0.2) is 14.3 Å². The van der Waals surface area contributed by atoms with Crippen molar-refractivity contribution in [2.24, 2.45) is 0 Å². The largest absolute Gasteiger partial charge is 0.465 e. The number of fused-ring (bicyclic) bond motifs is 2. The average molecular weight is 401 g/mol. The van der Waals surface area contributed by atoms with Gasteiger partial charge in [-0.3, -0.25) is 9.69 Å². The van der Waals surface area contributed by atoms with Crippen molar-refractivity contribution >= 4 is 16.9 Å². The van der Waals surface area contributed by atoms with E-state index in [0.717, 1.165) is 22.1 Å². The molecule has 0 spiro atoms. The molecular formula is C23H16FN3O3. The number of aromatic nitrogens is 2. The second-order valence-electron chi connectivity index (χ2n) is 7.23. The smallest absolute Gasteiger partial charge is 0.408 e. The predicted molar refractivity (Wildman–Crippen MR) is 110 cm³/mol. The molecule has 0 bridgehead atoms. The molecule has 0 aliphatic carbocycles. The van der Waals surface area contributed by atoms with E-state index in [1.807, 2.05) is 36.4 Å². The van der Waals surface area contributed by atoms with Gasteiger partial charge in [0.2, 0.25) is 0 Å². The Balaban J connectivity index is 1.58. The fraction of sp³-hybridized carbons (Fsp3) is 0.0870. The van der Waals surface area contributed by atoms with Crippen LogP contribution >= 0.6 is 0 Å². The number of aromatic amines is 1. The lowest BCUT2D eigenvalue weighted by atomic mass is 9.96. The van der Waals surface area contributed by atoms with E-state index in [-0.39, 0.29) is 17.9 Å². The molecule has 2 heterocycles. The van der Waals surface area contributed by atoms with Crippen molar-refractivity contribution in [2.75, 3.05) is 0 Å². The summed E-state index contributed by atoms with van der Waals surface area (Å²) in [5.41, 5.74) is 3.41. The van der Waals surface area contributed by atoms with Crippen LogP contribution in [0.5, 0.6) is 0 Å². The molecule has 1 aliphatic rings. The van der Waals surface area contributed by atoms with Gasteiger partial charge in [-0.2, -0.15) is 5.10 Å². The van der Waals surface area contributed by atoms with Crippen LogP contribution < -0.4 is 5.56 Å². The highest BCUT2D eigenvalue weighted by atomic mass is 19.1. The van der Waals surface area contributed by atoms with E-state index in [1.165, 1.54) is 17.0 Å². The monoisotopic (exact) mass is 401 g/mol. The first-order valence-electron chi connectivity index (χ1n) is 9.38. The first-order valence-corrected chi connectivity index (χ1v) is 9.38. The number of carboxylic acid groups (broad SMARTS) is 1. The molecule has 1 aliphatic heterocycles. The molecule has 30 heavy (non-hydrogen) atoms. The van der Waals surface area contributed by atoms with Gasteiger partial charge in [0.15, 0.2) is 0 Å². The summed E-state index contributed by atoms with van der Waals surface area (Å²) < 4.78 is 13.6. The quantitative estimate of drug-likeness (QED) is 0.524. The number of hydrogen-bond acceptors (Lipinski definition) is 3. The van der Waals surface area contributed by atoms with Crippen molar-refractivity contribution < 1.29 is 14.3 Å². The zero-order chi connectivity index (χ0) is 20.8. The van der Waals surface area contributed by atoms with Gasteiger partial charge in [0.1, 0.15) is 5.82 Å². The molecule has 0 saturated carbocycles. The van der Waals surface area contributed by atoms with E-state index in [4.69, 9.17) is 0 Å². The summed E-state index contributed by atoms with van der Waals surface area (Å²) in [6.45, 7) is 0.140. The highest BCUT2D eigenvalue weighted by Gasteiger charge is 2.34. The predicted octanol–water partition coefficient (Wildman–Crippen LogP) is 4.31. The lowest BCUT2D eigenvalue weighted by Gasteiger charge is -2.23. The molecule has 4 aromatic rings. The second-order valence-corrected chi connectivity index (χ2v) is 7.23. The highest BCUT2D eigenvalue weighted by Crippen LogP contribution is 2.39. The Morgan fingerprint density at radius 3 is 2.53 bits per heavy atom. The minimum absolute atomic E-state index is 0.140. The molecule has 2 N–H and O–H groups in total. The fourth-order valence-electron chi connectivity index (χ4n) is 4.12. The summed E-state index contributed by atoms with van der Waals surface area (Å²) in [6.07, 6.45) is -1.06. The van der Waals surface area contributed by atoms with Crippen LogP contribution in [0.25, 0.3) is 22.0 Å². The molecule has 148 valence electrons. The van der Waals surface area contributed by atoms with Gasteiger partial charge in [0.25, 0.3) is 5.56 Å². The molecule has 1 unspecified atom stereocenters. The molecule has 1 amide bonds. The van der Waals surface area contributed by atoms with Crippen molar-refractivity contribution in [2.45, 2.75) is 12.6 Å². The minimum Gasteiger partial charge on any atom is -0.465 e. The number of H-pyrrole nitrogens is 1. The van der Waals surface area contributed by atoms with Crippen LogP contribution in [0.1, 0.15) is 22.7 Å². The highest BCUT2D eigenvalue weighted by molar-refractivity contribution is 5.93. The SMILES string of the molecule is O=C(O)N1Cc2cc(F)ccc2C1c1ccc(-c2n[nH]c(=O)c3ccccc23)cc1. The Bertz CT molecular complexity index is 1350. The molecule has 3 aromatic carbocycles. The standard InChI is InChI=1S/C23H16FN3O3/c24-16-9-10-17-15(11-16)12-27(23(29)30)21(17)14-7-5-13(6-8-14)20-18-3-1-2-4-19(18)22(28)26-25-20/h1-11,21H,12H2,(H,26,28)(H,29,30). The Hall–Kier alpha value is -4.00. The number of nitrogens with zero attached hydrogens (tertiary/aromatic N) is 2. The molecule has 0 saturated heterocycles. The number of benzene rings is 3. The normalized spacial score (nSPS) is 15.4. The second kappa shape index (κ2) is 6.81. The van der Waals surface area contributed by atoms with Crippen LogP contribution in [0, 0.1) is 5.82 Å². The number of rotatable bonds is 2. The van der Waals surface area contributed by atoms with Gasteiger partial charge in [-0.05, 0) is 34.9 Å². The van der Waals surface area contributed by atoms with E-state index < -0.39 is 12.1 Å². The van der Waals surface area contributed by atoms with Crippen molar-refractivity contribution in [3.63, 3.8) is 0 Å². The minimum atomic E-state index is -1.06. The molecule has 1 aromatic heterocycles. The van der Waals surface area contributed by atoms with Crippen LogP contribution in [-0.2, 0) is 6.54 Å². The average Bonchev–Trinajstić information content (AvgIpc) is 3.13. The first-order chi connectivity index (χ1) is 14.5. The van der Waals surface area contributed by atoms with Crippen LogP contribution in [0.15, 0.2) is 71.5 Å². The van der Waals surface area contributed by atoms with Gasteiger partial charge >= 0.3 is 6.09 Å². The van der Waals surface area contributed by atoms with Crippen LogP contribution in [0.2, 0.25) is 0 Å². The van der Waals surface area contributed by atoms with E-state index in [9.17, 15) is 19.1 Å². The number of halogens is 1. The molecule has 7 heteroatoms. The zero-order valence-corrected chi connectivity index (χ0v) is 15.7. The summed E-state index contributed by atoms with van der Waals surface area (Å²) in [7, 11) is 0. The van der Waals surface area contributed by atoms with E-state index in [0.29, 0.717) is 16.6 Å². The Morgan fingerprint density at radius 2 is 1.80 bits per heavy atom. The fourth-order valence-corrected chi connectivity index (χ4v) is 4.12. The summed E-state index contributed by atoms with van der Waals surface area (Å²) >= 11 is 0. The van der Waals surface area contributed by atoms with Crippen LogP contribution in [-0.4, -0.2) is 26.3 Å². The number of hydrogen-bond donors (Lipinski definition) is 2. The lowest BCUT2D eigenvalue weighted by Crippen LogP contribution is -2.28. The molecule has 0 fully saturated rings. The van der Waals surface area contributed by atoms with Gasteiger partial charge in [-0.1, -0.05) is 48.5 Å². The van der Waals surface area contributed by atoms with Crippen LogP contribution in [0.4, 0.5) is 9.18 Å². The van der Waals surface area contributed by atoms with Crippen molar-refractivity contribution in [1.82, 2.24) is 15.1 Å². The molecule has 5 rings (SSSR count). The third-order valence-electron chi connectivity index (χ3n) is 5.49. The number of amides is 1. The van der Waals surface area contributed by atoms with E-state index >= 15 is 0 Å². The third kappa shape index (κ3) is 2.83. The Labute approximate surface area is 170 Å². The van der Waals surface area contributed by atoms with Crippen LogP contribution in [0.3, 0.4) is 0 Å². The third-order valence-corrected chi connectivity index (χ3v) is 5.49. The van der Waals surface area contributed by atoms with Gasteiger partial charge in [0, 0.05) is 10.9 Å². The summed E-state index contributed by atoms with van der Waals surface area (Å²) in [6, 6.07) is 18.5. The first kappa shape index (κ1) is 18.1. The van der Waals surface area contributed by atoms with E-state index in [1.54, 1.807) is 18.2 Å². The van der Waals surface area contributed by atoms with E-state index in [2.05, 4.69) is 10.2 Å². The van der Waals surface area contributed by atoms with Gasteiger partial charge in [-0.15, -0.1) is 0 Å². The topological polar surface area (TPSA) is 86.3 Å². The number of nitrogens with one attached hydrogen (secondary N) is 1. The lowest BCUT2D eigenvalue weighted by molar-refractivity contribution is 0.136. The molecule has 1 atom stereocenters. The zero-order valence-electron chi connectivity index (χ0n) is 15.7. The molecule has 0 radical (unpaired) electrons. The van der Waals surface area contributed by atoms with Crippen molar-refractivity contribution in [3.05, 3.63) is 99.6 Å². The van der Waals surface area contributed by atoms with Crippen molar-refractivity contribution in [1.29, 1.82) is 0 Å². The van der Waals surface area contributed by atoms with Gasteiger partial charge < -0.3 is 5.11 Å². The molecule has 6 nitrogen and oxygen atoms in total. The maximum atomic E-state index is 13.6. The summed E-state index contributed by atoms with van der Waals surface area (Å²) in [5.74, 6) is -0.383. The van der Waals surface area contributed by atoms with Crippen molar-refractivity contribution in [3.8, 4) is 11.3 Å². The maximum absolute atomic E-state index is 13.6. The molecular weight excluding hydrogens is 385 g/mol.